The molecule has 3 aromatic rings. The van der Waals surface area contributed by atoms with Crippen molar-refractivity contribution in [3.63, 3.8) is 0 Å². The van der Waals surface area contributed by atoms with Crippen molar-refractivity contribution in [3.05, 3.63) is 73.3 Å². The van der Waals surface area contributed by atoms with Crippen molar-refractivity contribution in [2.24, 2.45) is 0 Å². The molecule has 0 saturated carbocycles. The molecule has 0 radical (unpaired) electrons. The first-order valence-corrected chi connectivity index (χ1v) is 11.6. The third-order valence-corrected chi connectivity index (χ3v) is 5.36. The van der Waals surface area contributed by atoms with Crippen molar-refractivity contribution < 1.29 is 14.0 Å². The highest BCUT2D eigenvalue weighted by Crippen LogP contribution is 2.31. The van der Waals surface area contributed by atoms with Gasteiger partial charge in [-0.3, -0.25) is 9.59 Å². The largest absolute Gasteiger partial charge is 0.347 e. The van der Waals surface area contributed by atoms with Crippen molar-refractivity contribution in [2.45, 2.75) is 26.3 Å². The van der Waals surface area contributed by atoms with E-state index >= 15 is 0 Å². The molecule has 178 valence electrons. The first-order chi connectivity index (χ1) is 15.9. The van der Waals surface area contributed by atoms with Gasteiger partial charge in [0.25, 0.3) is 11.8 Å². The molecule has 0 bridgehead atoms. The maximum absolute atomic E-state index is 15.0. The zero-order valence-electron chi connectivity index (χ0n) is 18.1. The Morgan fingerprint density at radius 1 is 1.15 bits per heavy atom. The van der Waals surface area contributed by atoms with Gasteiger partial charge in [-0.1, -0.05) is 34.8 Å². The molecule has 0 unspecified atom stereocenters. The Morgan fingerprint density at radius 2 is 1.85 bits per heavy atom. The van der Waals surface area contributed by atoms with Crippen LogP contribution in [0, 0.1) is 0 Å². The molecule has 0 fully saturated rings. The molecule has 2 amide bonds. The van der Waals surface area contributed by atoms with Crippen LogP contribution < -0.4 is 10.6 Å². The summed E-state index contributed by atoms with van der Waals surface area (Å²) in [6.45, 7) is 5.35. The second-order valence-corrected chi connectivity index (χ2v) is 10.1. The molecular weight excluding hydrogens is 572 g/mol. The fraction of sp³-hybridized carbons (Fsp3) is 0.182. The lowest BCUT2D eigenvalue weighted by atomic mass is 10.1. The van der Waals surface area contributed by atoms with E-state index < -0.39 is 23.2 Å². The van der Waals surface area contributed by atoms with Crippen LogP contribution in [0.3, 0.4) is 0 Å². The van der Waals surface area contributed by atoms with Gasteiger partial charge in [-0.2, -0.15) is 5.10 Å². The van der Waals surface area contributed by atoms with Gasteiger partial charge in [-0.15, -0.1) is 0 Å². The molecule has 7 nitrogen and oxygen atoms in total. The van der Waals surface area contributed by atoms with Gasteiger partial charge in [-0.05, 0) is 67.0 Å². The summed E-state index contributed by atoms with van der Waals surface area (Å²) < 4.78 is 16.6. The van der Waals surface area contributed by atoms with Crippen LogP contribution >= 0.6 is 50.7 Å². The predicted octanol–water partition coefficient (Wildman–Crippen LogP) is 6.47. The fourth-order valence-corrected chi connectivity index (χ4v) is 3.96. The predicted molar refractivity (Wildman–Crippen MR) is 135 cm³/mol. The van der Waals surface area contributed by atoms with Crippen LogP contribution in [-0.4, -0.2) is 32.1 Å². The number of carbonyl (C=O) groups is 2. The quantitative estimate of drug-likeness (QED) is 0.334. The normalized spacial score (nSPS) is 11.9. The number of pyridine rings is 1. The highest BCUT2D eigenvalue weighted by Gasteiger charge is 2.23. The molecular formula is C22H18BrCl3FN5O2. The molecule has 1 aromatic carbocycles. The molecule has 12 heteroatoms. The molecule has 0 aliphatic rings. The lowest BCUT2D eigenvalue weighted by Gasteiger charge is -2.22. The highest BCUT2D eigenvalue weighted by atomic mass is 79.9. The summed E-state index contributed by atoms with van der Waals surface area (Å²) in [7, 11) is 0. The van der Waals surface area contributed by atoms with Gasteiger partial charge in [-0.25, -0.2) is 14.1 Å². The molecule has 0 aliphatic carbocycles. The van der Waals surface area contributed by atoms with Crippen molar-refractivity contribution >= 4 is 74.3 Å². The Kier molecular flexibility index (Phi) is 8.02. The van der Waals surface area contributed by atoms with Crippen molar-refractivity contribution in [3.8, 4) is 5.82 Å². The van der Waals surface area contributed by atoms with Gasteiger partial charge in [0.15, 0.2) is 11.6 Å². The summed E-state index contributed by atoms with van der Waals surface area (Å²) in [6.07, 6.45) is 2.46. The average Bonchev–Trinajstić information content (AvgIpc) is 3.08. The summed E-state index contributed by atoms with van der Waals surface area (Å²) >= 11 is 21.7. The molecule has 2 aromatic heterocycles. The van der Waals surface area contributed by atoms with Gasteiger partial charge in [0.1, 0.15) is 4.60 Å². The lowest BCUT2D eigenvalue weighted by molar-refractivity contribution is -0.114. The van der Waals surface area contributed by atoms with E-state index in [1.807, 2.05) is 0 Å². The first-order valence-electron chi connectivity index (χ1n) is 9.72. The number of nitrogens with one attached hydrogen (secondary N) is 2. The summed E-state index contributed by atoms with van der Waals surface area (Å²) in [4.78, 5) is 29.6. The van der Waals surface area contributed by atoms with E-state index in [2.05, 4.69) is 36.6 Å². The van der Waals surface area contributed by atoms with E-state index in [-0.39, 0.29) is 37.8 Å². The number of amides is 2. The third-order valence-electron chi connectivity index (χ3n) is 4.16. The lowest BCUT2D eigenvalue weighted by Crippen LogP contribution is -2.41. The Morgan fingerprint density at radius 3 is 2.50 bits per heavy atom. The number of halogens is 5. The van der Waals surface area contributed by atoms with Gasteiger partial charge < -0.3 is 10.6 Å². The monoisotopic (exact) mass is 587 g/mol. The molecule has 0 saturated heterocycles. The van der Waals surface area contributed by atoms with Crippen molar-refractivity contribution in [1.29, 1.82) is 0 Å². The summed E-state index contributed by atoms with van der Waals surface area (Å²) in [6, 6.07) is 7.39. The van der Waals surface area contributed by atoms with E-state index in [1.165, 1.54) is 29.1 Å². The first kappa shape index (κ1) is 26.2. The van der Waals surface area contributed by atoms with Crippen LogP contribution in [0.25, 0.3) is 11.9 Å². The van der Waals surface area contributed by atoms with Gasteiger partial charge in [0, 0.05) is 22.8 Å². The maximum atomic E-state index is 15.0. The summed E-state index contributed by atoms with van der Waals surface area (Å²) in [5.41, 5.74) is -0.477. The molecule has 2 N–H and O–H groups in total. The van der Waals surface area contributed by atoms with Gasteiger partial charge in [0.2, 0.25) is 0 Å². The second-order valence-electron chi connectivity index (χ2n) is 8.07. The summed E-state index contributed by atoms with van der Waals surface area (Å²) in [5, 5.41) is 9.73. The minimum absolute atomic E-state index is 0.0124. The number of carbonyl (C=O) groups excluding carboxylic acids is 2. The molecule has 2 heterocycles. The Labute approximate surface area is 218 Å². The second kappa shape index (κ2) is 10.4. The SMILES string of the molecule is CC(C)(C)NC(=O)c1cc(Cl)cc(Cl)c1NC(=O)/C(F)=C/c1cc(Br)nn1-c1ncccc1Cl. The Bertz CT molecular complexity index is 1300. The minimum Gasteiger partial charge on any atom is -0.347 e. The van der Waals surface area contributed by atoms with Crippen LogP contribution in [-0.2, 0) is 4.79 Å². The minimum atomic E-state index is -1.17. The Balaban J connectivity index is 1.95. The van der Waals surface area contributed by atoms with Crippen LogP contribution in [0.15, 0.2) is 47.0 Å². The van der Waals surface area contributed by atoms with E-state index in [9.17, 15) is 14.0 Å². The number of anilines is 1. The van der Waals surface area contributed by atoms with E-state index in [4.69, 9.17) is 34.8 Å². The van der Waals surface area contributed by atoms with E-state index in [0.717, 1.165) is 6.08 Å². The third kappa shape index (κ3) is 6.35. The van der Waals surface area contributed by atoms with Gasteiger partial charge in [0.05, 0.1) is 27.0 Å². The van der Waals surface area contributed by atoms with E-state index in [0.29, 0.717) is 4.60 Å². The number of rotatable bonds is 5. The fourth-order valence-electron chi connectivity index (χ4n) is 2.83. The topological polar surface area (TPSA) is 88.9 Å². The molecule has 34 heavy (non-hydrogen) atoms. The van der Waals surface area contributed by atoms with Crippen LogP contribution in [0.4, 0.5) is 10.1 Å². The zero-order chi connectivity index (χ0) is 25.2. The smallest absolute Gasteiger partial charge is 0.284 e. The average molecular weight is 590 g/mol. The molecule has 3 rings (SSSR count). The molecule has 0 spiro atoms. The maximum Gasteiger partial charge on any atom is 0.284 e. The number of benzene rings is 1. The van der Waals surface area contributed by atoms with Crippen LogP contribution in [0.5, 0.6) is 0 Å². The van der Waals surface area contributed by atoms with Gasteiger partial charge >= 0.3 is 0 Å². The Hall–Kier alpha value is -2.46. The molecule has 0 atom stereocenters. The van der Waals surface area contributed by atoms with E-state index in [1.54, 1.807) is 32.9 Å². The standard InChI is InChI=1S/C22H18BrCl3FN5O2/c1-22(2,3)30-20(33)13-7-11(24)8-15(26)18(13)29-21(34)16(27)9-12-10-17(23)31-32(12)19-14(25)5-4-6-28-19/h4-10H,1-3H3,(H,29,34)(H,30,33)/b16-9-. The van der Waals surface area contributed by atoms with Crippen LogP contribution in [0.2, 0.25) is 15.1 Å². The number of aromatic nitrogens is 3. The van der Waals surface area contributed by atoms with Crippen LogP contribution in [0.1, 0.15) is 36.8 Å². The number of hydrogen-bond donors (Lipinski definition) is 2. The van der Waals surface area contributed by atoms with Crippen molar-refractivity contribution in [1.82, 2.24) is 20.1 Å². The summed E-state index contributed by atoms with van der Waals surface area (Å²) in [5.74, 6) is -2.60. The number of hydrogen-bond acceptors (Lipinski definition) is 4. The molecule has 0 aliphatic heterocycles. The number of nitrogens with zero attached hydrogens (tertiary/aromatic N) is 3. The zero-order valence-corrected chi connectivity index (χ0v) is 21.9. The van der Waals surface area contributed by atoms with Crippen molar-refractivity contribution in [2.75, 3.05) is 5.32 Å². The highest BCUT2D eigenvalue weighted by molar-refractivity contribution is 9.10.